The van der Waals surface area contributed by atoms with Crippen LogP contribution in [0.3, 0.4) is 0 Å². The molecule has 4 rings (SSSR count). The number of nitrogens with zero attached hydrogens (tertiary/aromatic N) is 3. The number of ether oxygens (including phenoxy) is 3. The Hall–Kier alpha value is -3.22. The second kappa shape index (κ2) is 9.73. The normalized spacial score (nSPS) is 19.5. The third kappa shape index (κ3) is 4.63. The van der Waals surface area contributed by atoms with Gasteiger partial charge in [-0.05, 0) is 12.5 Å². The van der Waals surface area contributed by atoms with Crippen molar-refractivity contribution in [1.29, 1.82) is 0 Å². The quantitative estimate of drug-likeness (QED) is 0.426. The maximum atomic E-state index is 11.3. The number of nitrogens with one attached hydrogen (secondary N) is 1. The van der Waals surface area contributed by atoms with Crippen molar-refractivity contribution in [3.63, 3.8) is 0 Å². The number of benzene rings is 2. The Morgan fingerprint density at radius 1 is 1.15 bits per heavy atom. The largest absolute Gasteiger partial charge is 0.595 e. The van der Waals surface area contributed by atoms with E-state index in [-0.39, 0.29) is 17.6 Å². The molecule has 0 spiro atoms. The van der Waals surface area contributed by atoms with Gasteiger partial charge in [0.2, 0.25) is 17.5 Å². The molecule has 33 heavy (non-hydrogen) atoms. The summed E-state index contributed by atoms with van der Waals surface area (Å²) >= 11 is 0. The van der Waals surface area contributed by atoms with Crippen LogP contribution in [-0.2, 0) is 6.54 Å². The van der Waals surface area contributed by atoms with E-state index in [0.29, 0.717) is 48.2 Å². The summed E-state index contributed by atoms with van der Waals surface area (Å²) in [7, 11) is 4.67. The molecular formula is C22H26N4O7. The molecule has 176 valence electrons. The predicted molar refractivity (Wildman–Crippen MR) is 115 cm³/mol. The van der Waals surface area contributed by atoms with E-state index in [2.05, 4.69) is 10.1 Å². The van der Waals surface area contributed by atoms with Gasteiger partial charge in [-0.15, -0.1) is 0 Å². The van der Waals surface area contributed by atoms with Gasteiger partial charge >= 0.3 is 0 Å². The molecule has 11 heteroatoms. The Morgan fingerprint density at radius 2 is 1.94 bits per heavy atom. The summed E-state index contributed by atoms with van der Waals surface area (Å²) in [5.41, 5.74) is 1.53. The number of hydrogen-bond donors (Lipinski definition) is 3. The van der Waals surface area contributed by atoms with Gasteiger partial charge in [-0.1, -0.05) is 23.4 Å². The molecule has 2 aromatic carbocycles. The van der Waals surface area contributed by atoms with Gasteiger partial charge in [-0.2, -0.15) is 10.2 Å². The first-order chi connectivity index (χ1) is 15.9. The minimum absolute atomic E-state index is 0.136. The number of β-amino-alcohol motifs (C(OH)–C–C–N with tert-alkyl or cyclic N) is 1. The van der Waals surface area contributed by atoms with Crippen LogP contribution in [0, 0.1) is 5.21 Å². The topological polar surface area (TPSA) is 138 Å². The monoisotopic (exact) mass is 458 g/mol. The van der Waals surface area contributed by atoms with Crippen LogP contribution in [0.25, 0.3) is 11.4 Å². The maximum Gasteiger partial charge on any atom is 0.244 e. The summed E-state index contributed by atoms with van der Waals surface area (Å²) in [6.45, 7) is 0.853. The lowest BCUT2D eigenvalue weighted by molar-refractivity contribution is -0.991. The van der Waals surface area contributed by atoms with Crippen molar-refractivity contribution in [1.82, 2.24) is 15.0 Å². The number of aliphatic hydroxyl groups is 1. The highest BCUT2D eigenvalue weighted by Crippen LogP contribution is 2.42. The summed E-state index contributed by atoms with van der Waals surface area (Å²) in [4.78, 5) is 6.52. The highest BCUT2D eigenvalue weighted by molar-refractivity contribution is 5.58. The molecule has 1 aromatic heterocycles. The fraction of sp³-hybridized carbons (Fsp3) is 0.364. The van der Waals surface area contributed by atoms with Gasteiger partial charge in [-0.25, -0.2) is 5.21 Å². The van der Waals surface area contributed by atoms with Crippen LogP contribution in [0.1, 0.15) is 23.9 Å². The Balaban J connectivity index is 1.61. The molecule has 3 N–H and O–H groups in total. The van der Waals surface area contributed by atoms with Crippen LogP contribution >= 0.6 is 0 Å². The molecule has 1 fully saturated rings. The number of aromatic nitrogens is 2. The summed E-state index contributed by atoms with van der Waals surface area (Å²) in [5.74, 6) is 2.24. The van der Waals surface area contributed by atoms with E-state index < -0.39 is 11.3 Å². The van der Waals surface area contributed by atoms with Gasteiger partial charge in [0.05, 0.1) is 33.5 Å². The van der Waals surface area contributed by atoms with Crippen molar-refractivity contribution in [3.8, 4) is 28.6 Å². The van der Waals surface area contributed by atoms with Gasteiger partial charge in [0.25, 0.3) is 0 Å². The van der Waals surface area contributed by atoms with Crippen LogP contribution in [-0.4, -0.2) is 59.3 Å². The third-order valence-corrected chi connectivity index (χ3v) is 5.64. The highest BCUT2D eigenvalue weighted by atomic mass is 16.8. The number of aliphatic hydroxyl groups excluding tert-OH is 1. The molecular weight excluding hydrogens is 432 g/mol. The summed E-state index contributed by atoms with van der Waals surface area (Å²) in [6.07, 6.45) is -0.140. The van der Waals surface area contributed by atoms with Crippen molar-refractivity contribution >= 4 is 5.69 Å². The van der Waals surface area contributed by atoms with E-state index in [9.17, 15) is 15.5 Å². The second-order valence-corrected chi connectivity index (χ2v) is 7.67. The zero-order valence-corrected chi connectivity index (χ0v) is 18.5. The van der Waals surface area contributed by atoms with E-state index in [1.165, 1.54) is 12.1 Å². The lowest BCUT2D eigenvalue weighted by atomic mass is 10.1. The first-order valence-electron chi connectivity index (χ1n) is 10.3. The van der Waals surface area contributed by atoms with Crippen LogP contribution in [0.4, 0.5) is 5.69 Å². The van der Waals surface area contributed by atoms with E-state index in [4.69, 9.17) is 18.7 Å². The summed E-state index contributed by atoms with van der Waals surface area (Å²) < 4.78 is 21.9. The molecule has 0 aliphatic carbocycles. The minimum atomic E-state index is -1.03. The van der Waals surface area contributed by atoms with Crippen molar-refractivity contribution in [2.24, 2.45) is 0 Å². The number of hydrogen-bond acceptors (Lipinski definition) is 10. The number of rotatable bonds is 8. The molecule has 0 amide bonds. The Bertz CT molecular complexity index is 1100. The Labute approximate surface area is 190 Å². The van der Waals surface area contributed by atoms with E-state index in [0.717, 1.165) is 5.56 Å². The average molecular weight is 458 g/mol. The van der Waals surface area contributed by atoms with Gasteiger partial charge in [0, 0.05) is 36.3 Å². The molecule has 0 saturated carbocycles. The van der Waals surface area contributed by atoms with Crippen LogP contribution in [0.2, 0.25) is 0 Å². The average Bonchev–Trinajstić information content (AvgIpc) is 3.45. The molecule has 1 aliphatic rings. The number of quaternary nitrogens is 1. The Kier molecular flexibility index (Phi) is 6.77. The fourth-order valence-corrected chi connectivity index (χ4v) is 4.10. The highest BCUT2D eigenvalue weighted by Gasteiger charge is 2.36. The lowest BCUT2D eigenvalue weighted by Crippen LogP contribution is -2.99. The zero-order valence-electron chi connectivity index (χ0n) is 18.5. The predicted octanol–water partition coefficient (Wildman–Crippen LogP) is 1.47. The minimum Gasteiger partial charge on any atom is -0.595 e. The first-order valence-corrected chi connectivity index (χ1v) is 10.3. The SMILES string of the molecule is COc1ccc(CN2CC(O)CC2c2nc(-c3cccc([NH+]([O-])O)c3)no2)c(OC)c1OC. The van der Waals surface area contributed by atoms with E-state index >= 15 is 0 Å². The second-order valence-electron chi connectivity index (χ2n) is 7.67. The first kappa shape index (κ1) is 23.0. The molecule has 11 nitrogen and oxygen atoms in total. The van der Waals surface area contributed by atoms with Crippen LogP contribution < -0.4 is 19.4 Å². The Morgan fingerprint density at radius 3 is 2.64 bits per heavy atom. The third-order valence-electron chi connectivity index (χ3n) is 5.64. The van der Waals surface area contributed by atoms with Gasteiger partial charge in [0.1, 0.15) is 0 Å². The molecule has 3 aromatic rings. The van der Waals surface area contributed by atoms with Crippen LogP contribution in [0.5, 0.6) is 17.2 Å². The van der Waals surface area contributed by atoms with Crippen molar-refractivity contribution in [2.75, 3.05) is 27.9 Å². The standard InChI is InChI=1S/C22H26N4O7/c1-30-18-8-7-14(19(31-2)20(18)32-3)11-25-12-16(27)10-17(25)22-23-21(24-33-22)13-5-4-6-15(9-13)26(28)29/h4-9,16-17,26-28H,10-12H2,1-3H3. The molecule has 3 atom stereocenters. The maximum absolute atomic E-state index is 11.3. The van der Waals surface area contributed by atoms with Crippen molar-refractivity contribution in [3.05, 3.63) is 53.1 Å². The number of likely N-dealkylation sites (tertiary alicyclic amines) is 1. The summed E-state index contributed by atoms with van der Waals surface area (Å²) in [6, 6.07) is 9.71. The van der Waals surface area contributed by atoms with Crippen LogP contribution in [0.15, 0.2) is 40.9 Å². The fourth-order valence-electron chi connectivity index (χ4n) is 4.10. The molecule has 0 radical (unpaired) electrons. The van der Waals surface area contributed by atoms with E-state index in [1.54, 1.807) is 39.5 Å². The smallest absolute Gasteiger partial charge is 0.244 e. The molecule has 3 unspecified atom stereocenters. The van der Waals surface area contributed by atoms with Gasteiger partial charge in [-0.3, -0.25) is 4.90 Å². The molecule has 0 bridgehead atoms. The number of methoxy groups -OCH3 is 3. The molecule has 2 heterocycles. The van der Waals surface area contributed by atoms with Gasteiger partial charge < -0.3 is 29.0 Å². The van der Waals surface area contributed by atoms with E-state index in [1.807, 2.05) is 11.0 Å². The molecule has 1 saturated heterocycles. The van der Waals surface area contributed by atoms with Crippen molar-refractivity contribution < 1.29 is 34.3 Å². The van der Waals surface area contributed by atoms with Crippen molar-refractivity contribution in [2.45, 2.75) is 25.1 Å². The molecule has 1 aliphatic heterocycles. The summed E-state index contributed by atoms with van der Waals surface area (Å²) in [5, 5.41) is 33.9. The lowest BCUT2D eigenvalue weighted by Gasteiger charge is -2.23. The zero-order chi connectivity index (χ0) is 23.5. The van der Waals surface area contributed by atoms with Gasteiger partial charge in [0.15, 0.2) is 17.2 Å².